The number of carbonyl (C=O) groups excluding carboxylic acids is 2. The summed E-state index contributed by atoms with van der Waals surface area (Å²) in [7, 11) is 1.61. The van der Waals surface area contributed by atoms with Crippen LogP contribution in [-0.4, -0.2) is 86.9 Å². The summed E-state index contributed by atoms with van der Waals surface area (Å²) in [4.78, 5) is 32.1. The van der Waals surface area contributed by atoms with Crippen LogP contribution in [0.1, 0.15) is 43.7 Å². The van der Waals surface area contributed by atoms with Gasteiger partial charge < -0.3 is 29.2 Å². The van der Waals surface area contributed by atoms with Crippen molar-refractivity contribution in [1.29, 1.82) is 0 Å². The van der Waals surface area contributed by atoms with E-state index in [1.165, 1.54) is 6.42 Å². The fraction of sp³-hybridized carbons (Fsp3) is 0.533. The van der Waals surface area contributed by atoms with Crippen molar-refractivity contribution in [2.45, 2.75) is 50.3 Å². The zero-order valence-electron chi connectivity index (χ0n) is 22.7. The summed E-state index contributed by atoms with van der Waals surface area (Å²) < 4.78 is 22.9. The van der Waals surface area contributed by atoms with Crippen molar-refractivity contribution in [3.63, 3.8) is 0 Å². The molecule has 2 atom stereocenters. The Morgan fingerprint density at radius 1 is 1.03 bits per heavy atom. The topological polar surface area (TPSA) is 89.6 Å². The number of morpholine rings is 1. The van der Waals surface area contributed by atoms with Crippen LogP contribution in [-0.2, 0) is 14.3 Å². The predicted molar refractivity (Wildman–Crippen MR) is 146 cm³/mol. The Hall–Kier alpha value is -3.30. The fourth-order valence-corrected chi connectivity index (χ4v) is 5.55. The molecule has 2 fully saturated rings. The molecular formula is C30H39N3O6. The number of nitrogens with zero attached hydrogens (tertiary/aromatic N) is 2. The van der Waals surface area contributed by atoms with Gasteiger partial charge in [-0.3, -0.25) is 14.5 Å². The molecule has 2 aliphatic heterocycles. The van der Waals surface area contributed by atoms with Crippen LogP contribution in [0.2, 0.25) is 0 Å². The van der Waals surface area contributed by atoms with E-state index in [4.69, 9.17) is 18.9 Å². The smallest absolute Gasteiger partial charge is 0.268 e. The first-order chi connectivity index (χ1) is 19.1. The molecule has 9 nitrogen and oxygen atoms in total. The van der Waals surface area contributed by atoms with Crippen LogP contribution < -0.4 is 19.5 Å². The SMILES string of the molecule is COc1ccc([C@H](C(=O)NC2CCCCC2)N(CCN2CCOCC2)C(=O)[C@@H]2COc3ccccc3O2)cc1. The van der Waals surface area contributed by atoms with Crippen molar-refractivity contribution in [1.82, 2.24) is 15.1 Å². The number of para-hydroxylation sites is 2. The molecular weight excluding hydrogens is 498 g/mol. The maximum absolute atomic E-state index is 14.2. The molecule has 2 amide bonds. The molecule has 0 unspecified atom stereocenters. The van der Waals surface area contributed by atoms with Crippen molar-refractivity contribution >= 4 is 11.8 Å². The number of fused-ring (bicyclic) bond motifs is 1. The molecule has 3 aliphatic rings. The minimum atomic E-state index is -0.854. The Morgan fingerprint density at radius 3 is 2.46 bits per heavy atom. The Bertz CT molecular complexity index is 1100. The van der Waals surface area contributed by atoms with E-state index in [0.717, 1.165) is 44.3 Å². The van der Waals surface area contributed by atoms with Crippen molar-refractivity contribution < 1.29 is 28.5 Å². The third-order valence-corrected chi connectivity index (χ3v) is 7.77. The third kappa shape index (κ3) is 6.83. The predicted octanol–water partition coefficient (Wildman–Crippen LogP) is 3.19. The Labute approximate surface area is 230 Å². The van der Waals surface area contributed by atoms with E-state index >= 15 is 0 Å². The Kier molecular flexibility index (Phi) is 9.21. The van der Waals surface area contributed by atoms with Gasteiger partial charge in [0.1, 0.15) is 18.4 Å². The van der Waals surface area contributed by atoms with Gasteiger partial charge in [0.05, 0.1) is 20.3 Å². The van der Waals surface area contributed by atoms with Crippen molar-refractivity contribution in [3.05, 3.63) is 54.1 Å². The zero-order chi connectivity index (χ0) is 27.0. The molecule has 0 radical (unpaired) electrons. The lowest BCUT2D eigenvalue weighted by Crippen LogP contribution is -2.54. The van der Waals surface area contributed by atoms with Gasteiger partial charge in [-0.1, -0.05) is 43.5 Å². The molecule has 2 heterocycles. The highest BCUT2D eigenvalue weighted by molar-refractivity contribution is 5.91. The van der Waals surface area contributed by atoms with Crippen molar-refractivity contribution in [3.8, 4) is 17.2 Å². The van der Waals surface area contributed by atoms with Crippen LogP contribution in [0.25, 0.3) is 0 Å². The van der Waals surface area contributed by atoms with Crippen molar-refractivity contribution in [2.75, 3.05) is 53.1 Å². The Morgan fingerprint density at radius 2 is 1.74 bits per heavy atom. The first-order valence-corrected chi connectivity index (χ1v) is 14.1. The second kappa shape index (κ2) is 13.2. The molecule has 1 aliphatic carbocycles. The third-order valence-electron chi connectivity index (χ3n) is 7.77. The van der Waals surface area contributed by atoms with Crippen LogP contribution in [0.3, 0.4) is 0 Å². The zero-order valence-corrected chi connectivity index (χ0v) is 22.7. The summed E-state index contributed by atoms with van der Waals surface area (Å²) in [5, 5.41) is 3.27. The van der Waals surface area contributed by atoms with E-state index in [-0.39, 0.29) is 24.5 Å². The first-order valence-electron chi connectivity index (χ1n) is 14.1. The number of methoxy groups -OCH3 is 1. The van der Waals surface area contributed by atoms with Crippen LogP contribution >= 0.6 is 0 Å². The summed E-state index contributed by atoms with van der Waals surface area (Å²) in [6, 6.07) is 14.0. The summed E-state index contributed by atoms with van der Waals surface area (Å²) in [5.41, 5.74) is 0.733. The first kappa shape index (κ1) is 27.3. The number of benzene rings is 2. The highest BCUT2D eigenvalue weighted by Gasteiger charge is 2.39. The number of ether oxygens (including phenoxy) is 4. The highest BCUT2D eigenvalue weighted by atomic mass is 16.6. The van der Waals surface area contributed by atoms with Gasteiger partial charge in [0.2, 0.25) is 12.0 Å². The number of rotatable bonds is 9. The van der Waals surface area contributed by atoms with E-state index in [2.05, 4.69) is 10.2 Å². The summed E-state index contributed by atoms with van der Waals surface area (Å²) in [6.07, 6.45) is 4.46. The maximum Gasteiger partial charge on any atom is 0.268 e. The number of carbonyl (C=O) groups is 2. The average molecular weight is 538 g/mol. The van der Waals surface area contributed by atoms with Gasteiger partial charge >= 0.3 is 0 Å². The largest absolute Gasteiger partial charge is 0.497 e. The van der Waals surface area contributed by atoms with E-state index < -0.39 is 12.1 Å². The lowest BCUT2D eigenvalue weighted by Gasteiger charge is -2.38. The second-order valence-corrected chi connectivity index (χ2v) is 10.4. The minimum Gasteiger partial charge on any atom is -0.497 e. The molecule has 2 aromatic rings. The van der Waals surface area contributed by atoms with Gasteiger partial charge in [-0.15, -0.1) is 0 Å². The van der Waals surface area contributed by atoms with Gasteiger partial charge in [0, 0.05) is 32.2 Å². The lowest BCUT2D eigenvalue weighted by atomic mass is 9.94. The van der Waals surface area contributed by atoms with Crippen LogP contribution in [0.15, 0.2) is 48.5 Å². The molecule has 5 rings (SSSR count). The van der Waals surface area contributed by atoms with Gasteiger partial charge in [-0.05, 0) is 42.7 Å². The standard InChI is InChI=1S/C30H39N3O6/c1-36-24-13-11-22(12-14-24)28(29(34)31-23-7-3-2-4-8-23)33(16-15-32-17-19-37-20-18-32)30(35)27-21-38-25-9-5-6-10-26(25)39-27/h5-6,9-14,23,27-28H,2-4,7-8,15-21H2,1H3,(H,31,34)/t27-,28+/m0/s1. The van der Waals surface area contributed by atoms with E-state index in [0.29, 0.717) is 43.6 Å². The van der Waals surface area contributed by atoms with E-state index in [1.54, 1.807) is 18.1 Å². The Balaban J connectivity index is 1.44. The molecule has 0 aromatic heterocycles. The van der Waals surface area contributed by atoms with E-state index in [9.17, 15) is 9.59 Å². The molecule has 1 saturated carbocycles. The number of hydrogen-bond donors (Lipinski definition) is 1. The molecule has 39 heavy (non-hydrogen) atoms. The summed E-state index contributed by atoms with van der Waals surface area (Å²) in [5.74, 6) is 1.40. The van der Waals surface area contributed by atoms with E-state index in [1.807, 2.05) is 42.5 Å². The maximum atomic E-state index is 14.2. The monoisotopic (exact) mass is 537 g/mol. The van der Waals surface area contributed by atoms with Gasteiger partial charge in [0.15, 0.2) is 11.5 Å². The molecule has 2 aromatic carbocycles. The molecule has 9 heteroatoms. The molecule has 1 saturated heterocycles. The molecule has 0 spiro atoms. The molecule has 210 valence electrons. The normalized spacial score (nSPS) is 20.6. The molecule has 0 bridgehead atoms. The van der Waals surface area contributed by atoms with Gasteiger partial charge in [0.25, 0.3) is 5.91 Å². The van der Waals surface area contributed by atoms with Crippen LogP contribution in [0.4, 0.5) is 0 Å². The second-order valence-electron chi connectivity index (χ2n) is 10.4. The van der Waals surface area contributed by atoms with Gasteiger partial charge in [-0.25, -0.2) is 0 Å². The molecule has 1 N–H and O–H groups in total. The average Bonchev–Trinajstić information content (AvgIpc) is 2.99. The summed E-state index contributed by atoms with van der Waals surface area (Å²) in [6.45, 7) is 3.99. The quantitative estimate of drug-likeness (QED) is 0.526. The van der Waals surface area contributed by atoms with Crippen molar-refractivity contribution in [2.24, 2.45) is 0 Å². The fourth-order valence-electron chi connectivity index (χ4n) is 5.55. The number of amides is 2. The number of hydrogen-bond acceptors (Lipinski definition) is 7. The highest BCUT2D eigenvalue weighted by Crippen LogP contribution is 2.33. The van der Waals surface area contributed by atoms with Gasteiger partial charge in [-0.2, -0.15) is 0 Å². The summed E-state index contributed by atoms with van der Waals surface area (Å²) >= 11 is 0. The van der Waals surface area contributed by atoms with Crippen LogP contribution in [0.5, 0.6) is 17.2 Å². The minimum absolute atomic E-state index is 0.0868. The lowest BCUT2D eigenvalue weighted by molar-refractivity contribution is -0.149. The number of nitrogens with one attached hydrogen (secondary N) is 1. The van der Waals surface area contributed by atoms with Crippen LogP contribution in [0, 0.1) is 0 Å².